The molecule has 0 saturated heterocycles. The van der Waals surface area contributed by atoms with Gasteiger partial charge in [-0.15, -0.1) is 0 Å². The van der Waals surface area contributed by atoms with Crippen molar-refractivity contribution in [1.29, 1.82) is 0 Å². The van der Waals surface area contributed by atoms with Crippen molar-refractivity contribution in [2.24, 2.45) is 5.73 Å². The van der Waals surface area contributed by atoms with E-state index in [1.807, 2.05) is 34.9 Å². The van der Waals surface area contributed by atoms with Gasteiger partial charge in [-0.3, -0.25) is 4.40 Å². The molecule has 2 N–H and O–H groups in total. The van der Waals surface area contributed by atoms with Crippen LogP contribution in [0.3, 0.4) is 0 Å². The van der Waals surface area contributed by atoms with Gasteiger partial charge in [-0.25, -0.2) is 0 Å². The molecule has 0 spiro atoms. The first-order chi connectivity index (χ1) is 10.1. The summed E-state index contributed by atoms with van der Waals surface area (Å²) in [4.78, 5) is 4.54. The summed E-state index contributed by atoms with van der Waals surface area (Å²) in [5.41, 5.74) is 11.1. The van der Waals surface area contributed by atoms with Gasteiger partial charge in [-0.2, -0.15) is 4.98 Å². The Balaban J connectivity index is 2.10. The van der Waals surface area contributed by atoms with Crippen molar-refractivity contribution < 1.29 is 4.74 Å². The van der Waals surface area contributed by atoms with E-state index in [4.69, 9.17) is 10.5 Å². The van der Waals surface area contributed by atoms with Crippen LogP contribution in [-0.2, 0) is 6.54 Å². The second kappa shape index (κ2) is 5.22. The van der Waals surface area contributed by atoms with Crippen LogP contribution < -0.4 is 10.5 Å². The monoisotopic (exact) mass is 281 g/mol. The molecule has 0 aliphatic carbocycles. The molecule has 0 unspecified atom stereocenters. The number of benzene rings is 1. The Kier molecular flexibility index (Phi) is 3.39. The Morgan fingerprint density at radius 3 is 2.76 bits per heavy atom. The maximum Gasteiger partial charge on any atom is 0.242 e. The van der Waals surface area contributed by atoms with Gasteiger partial charge < -0.3 is 10.5 Å². The summed E-state index contributed by atoms with van der Waals surface area (Å²) >= 11 is 0. The summed E-state index contributed by atoms with van der Waals surface area (Å²) in [6, 6.07) is 10.0. The van der Waals surface area contributed by atoms with Crippen molar-refractivity contribution in [3.63, 3.8) is 0 Å². The molecule has 4 heteroatoms. The molecule has 3 aromatic rings. The zero-order chi connectivity index (χ0) is 15.0. The largest absolute Gasteiger partial charge is 0.437 e. The number of aromatic nitrogens is 2. The van der Waals surface area contributed by atoms with E-state index in [1.165, 1.54) is 11.1 Å². The van der Waals surface area contributed by atoms with Crippen molar-refractivity contribution in [3.8, 4) is 11.6 Å². The minimum absolute atomic E-state index is 0.379. The van der Waals surface area contributed by atoms with E-state index >= 15 is 0 Å². The smallest absolute Gasteiger partial charge is 0.242 e. The summed E-state index contributed by atoms with van der Waals surface area (Å²) in [6.45, 7) is 6.59. The number of ether oxygens (including phenoxy) is 1. The van der Waals surface area contributed by atoms with Crippen LogP contribution in [0.2, 0.25) is 0 Å². The van der Waals surface area contributed by atoms with E-state index < -0.39 is 0 Å². The zero-order valence-electron chi connectivity index (χ0n) is 12.6. The molecule has 4 nitrogen and oxygen atoms in total. The number of hydrogen-bond donors (Lipinski definition) is 1. The molecule has 1 aromatic carbocycles. The molecular formula is C17H19N3O. The number of fused-ring (bicyclic) bond motifs is 1. The van der Waals surface area contributed by atoms with Gasteiger partial charge in [0.15, 0.2) is 0 Å². The predicted octanol–water partition coefficient (Wildman–Crippen LogP) is 3.51. The molecule has 0 atom stereocenters. The molecular weight excluding hydrogens is 262 g/mol. The van der Waals surface area contributed by atoms with Gasteiger partial charge in [0.1, 0.15) is 17.1 Å². The minimum atomic E-state index is 0.379. The second-order valence-electron chi connectivity index (χ2n) is 5.30. The lowest BCUT2D eigenvalue weighted by Gasteiger charge is -2.11. The average Bonchev–Trinajstić information content (AvgIpc) is 2.81. The second-order valence-corrected chi connectivity index (χ2v) is 5.30. The van der Waals surface area contributed by atoms with Crippen LogP contribution in [0.25, 0.3) is 5.65 Å². The standard InChI is InChI=1S/C17H19N3O/c1-11-8-12(2)13(3)15(9-11)21-17-14(10-18)20-7-5-4-6-16(20)19-17/h4-9H,10,18H2,1-3H3. The topological polar surface area (TPSA) is 52.5 Å². The van der Waals surface area contributed by atoms with E-state index in [9.17, 15) is 0 Å². The maximum absolute atomic E-state index is 6.07. The summed E-state index contributed by atoms with van der Waals surface area (Å²) in [5, 5.41) is 0. The van der Waals surface area contributed by atoms with E-state index in [0.717, 1.165) is 22.7 Å². The third-order valence-electron chi connectivity index (χ3n) is 3.76. The third kappa shape index (κ3) is 2.38. The van der Waals surface area contributed by atoms with E-state index in [0.29, 0.717) is 12.4 Å². The van der Waals surface area contributed by atoms with Gasteiger partial charge in [0.2, 0.25) is 5.88 Å². The molecule has 2 heterocycles. The number of imidazole rings is 1. The van der Waals surface area contributed by atoms with Crippen molar-refractivity contribution >= 4 is 5.65 Å². The summed E-state index contributed by atoms with van der Waals surface area (Å²) < 4.78 is 8.03. The quantitative estimate of drug-likeness (QED) is 0.799. The fourth-order valence-corrected chi connectivity index (χ4v) is 2.50. The zero-order valence-corrected chi connectivity index (χ0v) is 12.6. The Morgan fingerprint density at radius 1 is 1.19 bits per heavy atom. The predicted molar refractivity (Wildman–Crippen MR) is 83.8 cm³/mol. The average molecular weight is 281 g/mol. The van der Waals surface area contributed by atoms with Gasteiger partial charge in [0.05, 0.1) is 0 Å². The highest BCUT2D eigenvalue weighted by atomic mass is 16.5. The van der Waals surface area contributed by atoms with Crippen molar-refractivity contribution in [2.45, 2.75) is 27.3 Å². The number of rotatable bonds is 3. The van der Waals surface area contributed by atoms with Gasteiger partial charge in [-0.05, 0) is 55.7 Å². The first-order valence-corrected chi connectivity index (χ1v) is 7.02. The van der Waals surface area contributed by atoms with Crippen molar-refractivity contribution in [1.82, 2.24) is 9.38 Å². The lowest BCUT2D eigenvalue weighted by atomic mass is 10.1. The van der Waals surface area contributed by atoms with Crippen LogP contribution in [0.4, 0.5) is 0 Å². The number of aryl methyl sites for hydroxylation is 2. The van der Waals surface area contributed by atoms with E-state index in [-0.39, 0.29) is 0 Å². The maximum atomic E-state index is 6.07. The first kappa shape index (κ1) is 13.6. The molecule has 3 rings (SSSR count). The molecule has 21 heavy (non-hydrogen) atoms. The Bertz CT molecular complexity index is 805. The highest BCUT2D eigenvalue weighted by molar-refractivity contribution is 5.49. The highest BCUT2D eigenvalue weighted by Crippen LogP contribution is 2.30. The fraction of sp³-hybridized carbons (Fsp3) is 0.235. The summed E-state index contributed by atoms with van der Waals surface area (Å²) in [5.74, 6) is 1.42. The van der Waals surface area contributed by atoms with Crippen molar-refractivity contribution in [3.05, 3.63) is 58.9 Å². The molecule has 0 fully saturated rings. The van der Waals surface area contributed by atoms with E-state index in [1.54, 1.807) is 0 Å². The summed E-state index contributed by atoms with van der Waals surface area (Å²) in [7, 11) is 0. The highest BCUT2D eigenvalue weighted by Gasteiger charge is 2.14. The molecule has 0 aliphatic heterocycles. The number of pyridine rings is 1. The Hall–Kier alpha value is -2.33. The van der Waals surface area contributed by atoms with Crippen LogP contribution >= 0.6 is 0 Å². The van der Waals surface area contributed by atoms with Crippen LogP contribution in [-0.4, -0.2) is 9.38 Å². The first-order valence-electron chi connectivity index (χ1n) is 7.02. The SMILES string of the molecule is Cc1cc(C)c(C)c(Oc2nc3ccccn3c2CN)c1. The van der Waals surface area contributed by atoms with Gasteiger partial charge in [-0.1, -0.05) is 12.1 Å². The molecule has 108 valence electrons. The molecule has 0 saturated carbocycles. The Labute approximate surface area is 124 Å². The van der Waals surface area contributed by atoms with Crippen LogP contribution in [0.1, 0.15) is 22.4 Å². The van der Waals surface area contributed by atoms with Crippen LogP contribution in [0, 0.1) is 20.8 Å². The number of nitrogens with zero attached hydrogens (tertiary/aromatic N) is 2. The minimum Gasteiger partial charge on any atom is -0.437 e. The fourth-order valence-electron chi connectivity index (χ4n) is 2.50. The van der Waals surface area contributed by atoms with Crippen LogP contribution in [0.5, 0.6) is 11.6 Å². The molecule has 0 amide bonds. The number of hydrogen-bond acceptors (Lipinski definition) is 3. The number of nitrogens with two attached hydrogens (primary N) is 1. The summed E-state index contributed by atoms with van der Waals surface area (Å²) in [6.07, 6.45) is 1.95. The van der Waals surface area contributed by atoms with Crippen molar-refractivity contribution in [2.75, 3.05) is 0 Å². The normalized spacial score (nSPS) is 11.0. The lowest BCUT2D eigenvalue weighted by Crippen LogP contribution is -2.03. The lowest BCUT2D eigenvalue weighted by molar-refractivity contribution is 0.455. The van der Waals surface area contributed by atoms with Gasteiger partial charge in [0.25, 0.3) is 0 Å². The van der Waals surface area contributed by atoms with E-state index in [2.05, 4.69) is 31.8 Å². The molecule has 0 bridgehead atoms. The van der Waals surface area contributed by atoms with Gasteiger partial charge in [0, 0.05) is 12.7 Å². The third-order valence-corrected chi connectivity index (χ3v) is 3.76. The molecule has 2 aromatic heterocycles. The van der Waals surface area contributed by atoms with Gasteiger partial charge >= 0.3 is 0 Å². The molecule has 0 radical (unpaired) electrons. The molecule has 0 aliphatic rings. The Morgan fingerprint density at radius 2 is 2.00 bits per heavy atom. The van der Waals surface area contributed by atoms with Crippen LogP contribution in [0.15, 0.2) is 36.5 Å².